The molecule has 3 aromatic heterocycles. The molecule has 3 nitrogen and oxygen atoms in total. The second kappa shape index (κ2) is 5.66. The molecule has 0 amide bonds. The van der Waals surface area contributed by atoms with Crippen LogP contribution in [0.3, 0.4) is 0 Å². The van der Waals surface area contributed by atoms with Crippen molar-refractivity contribution in [2.45, 2.75) is 38.5 Å². The summed E-state index contributed by atoms with van der Waals surface area (Å²) in [5.41, 5.74) is 5.40. The number of nitrogens with zero attached hydrogens (tertiary/aromatic N) is 2. The van der Waals surface area contributed by atoms with E-state index in [-0.39, 0.29) is 0 Å². The fraction of sp³-hybridized carbons (Fsp3) is 0.333. The van der Waals surface area contributed by atoms with E-state index in [9.17, 15) is 1.37 Å². The van der Waals surface area contributed by atoms with Crippen molar-refractivity contribution in [3.05, 3.63) is 59.9 Å². The van der Waals surface area contributed by atoms with Gasteiger partial charge in [-0.05, 0) is 79.8 Å². The Bertz CT molecular complexity index is 1230. The summed E-state index contributed by atoms with van der Waals surface area (Å²) in [5.74, 6) is 0.760. The predicted octanol–water partition coefficient (Wildman–Crippen LogP) is 6.26. The summed E-state index contributed by atoms with van der Waals surface area (Å²) in [5, 5.41) is 2.09. The molecule has 2 fully saturated rings. The third-order valence-electron chi connectivity index (χ3n) is 6.45. The van der Waals surface area contributed by atoms with E-state index in [0.29, 0.717) is 11.6 Å². The number of rotatable bonds is 2. The number of pyridine rings is 2. The standard InChI is InChI=1S/C24H22N2O/c1-14-5-8-19-18-3-2-4-20(23(18)27-24(19)26-14)22-13-17(9-10-25-22)21-12-15-6-7-16(21)11-15/h2-5,8-10,13,15-16,21H,6-7,11-12H2,1H3/i21D. The lowest BCUT2D eigenvalue weighted by Crippen LogP contribution is -2.08. The first-order chi connectivity index (χ1) is 13.6. The molecule has 0 N–H and O–H groups in total. The van der Waals surface area contributed by atoms with Crippen molar-refractivity contribution in [3.63, 3.8) is 0 Å². The number of hydrogen-bond acceptors (Lipinski definition) is 3. The van der Waals surface area contributed by atoms with Crippen molar-refractivity contribution in [2.24, 2.45) is 11.8 Å². The Morgan fingerprint density at radius 2 is 2.04 bits per heavy atom. The van der Waals surface area contributed by atoms with Gasteiger partial charge >= 0.3 is 0 Å². The number of aryl methyl sites for hydroxylation is 1. The molecule has 27 heavy (non-hydrogen) atoms. The van der Waals surface area contributed by atoms with Gasteiger partial charge in [0.25, 0.3) is 0 Å². The van der Waals surface area contributed by atoms with Crippen LogP contribution in [0.5, 0.6) is 0 Å². The molecule has 0 radical (unpaired) electrons. The summed E-state index contributed by atoms with van der Waals surface area (Å²) in [6.45, 7) is 1.97. The fourth-order valence-electron chi connectivity index (χ4n) is 5.16. The minimum absolute atomic E-state index is 0.457. The van der Waals surface area contributed by atoms with Gasteiger partial charge in [-0.3, -0.25) is 4.98 Å². The predicted molar refractivity (Wildman–Crippen MR) is 108 cm³/mol. The zero-order chi connectivity index (χ0) is 18.9. The van der Waals surface area contributed by atoms with Crippen LogP contribution in [0.2, 0.25) is 0 Å². The second-order valence-corrected chi connectivity index (χ2v) is 8.12. The average Bonchev–Trinajstić information content (AvgIpc) is 3.40. The number of furan rings is 1. The van der Waals surface area contributed by atoms with Crippen molar-refractivity contribution in [2.75, 3.05) is 0 Å². The summed E-state index contributed by atoms with van der Waals surface area (Å²) >= 11 is 0. The third-order valence-corrected chi connectivity index (χ3v) is 6.45. The molecule has 2 bridgehead atoms. The molecule has 0 aliphatic heterocycles. The molecule has 0 spiro atoms. The Hall–Kier alpha value is -2.68. The average molecular weight is 355 g/mol. The number of fused-ring (bicyclic) bond motifs is 5. The van der Waals surface area contributed by atoms with Gasteiger partial charge in [-0.2, -0.15) is 0 Å². The van der Waals surface area contributed by atoms with Crippen LogP contribution >= 0.6 is 0 Å². The third kappa shape index (κ3) is 2.34. The van der Waals surface area contributed by atoms with Gasteiger partial charge in [0.15, 0.2) is 0 Å². The van der Waals surface area contributed by atoms with Gasteiger partial charge in [0, 0.05) is 29.6 Å². The van der Waals surface area contributed by atoms with Gasteiger partial charge < -0.3 is 4.42 Å². The van der Waals surface area contributed by atoms with E-state index < -0.39 is 5.89 Å². The van der Waals surface area contributed by atoms with Crippen LogP contribution in [-0.2, 0) is 0 Å². The molecule has 4 aromatic rings. The van der Waals surface area contributed by atoms with E-state index >= 15 is 0 Å². The molecule has 3 heteroatoms. The Morgan fingerprint density at radius 1 is 1.07 bits per heavy atom. The molecular formula is C24H22N2O. The number of benzene rings is 1. The maximum atomic E-state index is 9.18. The summed E-state index contributed by atoms with van der Waals surface area (Å²) < 4.78 is 15.3. The maximum Gasteiger partial charge on any atom is 0.227 e. The molecule has 2 aliphatic rings. The highest BCUT2D eigenvalue weighted by atomic mass is 16.3. The summed E-state index contributed by atoms with van der Waals surface area (Å²) in [7, 11) is 0. The summed E-state index contributed by atoms with van der Waals surface area (Å²) in [4.78, 5) is 9.20. The molecule has 2 saturated carbocycles. The van der Waals surface area contributed by atoms with Gasteiger partial charge in [0.05, 0.1) is 5.69 Å². The van der Waals surface area contributed by atoms with Gasteiger partial charge in [-0.15, -0.1) is 0 Å². The van der Waals surface area contributed by atoms with E-state index in [0.717, 1.165) is 51.2 Å². The molecule has 0 saturated heterocycles. The minimum Gasteiger partial charge on any atom is -0.437 e. The van der Waals surface area contributed by atoms with Crippen LogP contribution in [0, 0.1) is 18.8 Å². The first-order valence-electron chi connectivity index (χ1n) is 10.4. The van der Waals surface area contributed by atoms with Crippen LogP contribution in [0.1, 0.15) is 44.2 Å². The van der Waals surface area contributed by atoms with Crippen LogP contribution in [0.4, 0.5) is 0 Å². The van der Waals surface area contributed by atoms with E-state index in [4.69, 9.17) is 4.42 Å². The van der Waals surface area contributed by atoms with Gasteiger partial charge in [-0.25, -0.2) is 4.98 Å². The first kappa shape index (κ1) is 14.4. The van der Waals surface area contributed by atoms with E-state index in [1.807, 2.05) is 25.3 Å². The zero-order valence-electron chi connectivity index (χ0n) is 16.4. The van der Waals surface area contributed by atoms with Crippen molar-refractivity contribution >= 4 is 22.1 Å². The Labute approximate surface area is 159 Å². The summed E-state index contributed by atoms with van der Waals surface area (Å²) in [6, 6.07) is 14.4. The van der Waals surface area contributed by atoms with E-state index in [2.05, 4.69) is 40.3 Å². The Balaban J connectivity index is 1.52. The van der Waals surface area contributed by atoms with Crippen LogP contribution in [0.25, 0.3) is 33.3 Å². The minimum atomic E-state index is -0.457. The van der Waals surface area contributed by atoms with Crippen molar-refractivity contribution in [1.82, 2.24) is 9.97 Å². The molecule has 3 unspecified atom stereocenters. The molecule has 134 valence electrons. The highest BCUT2D eigenvalue weighted by Gasteiger charge is 2.40. The van der Waals surface area contributed by atoms with Crippen molar-refractivity contribution in [1.29, 1.82) is 0 Å². The van der Waals surface area contributed by atoms with E-state index in [1.54, 1.807) is 0 Å². The van der Waals surface area contributed by atoms with Crippen molar-refractivity contribution < 1.29 is 5.79 Å². The number of para-hydroxylation sites is 1. The molecule has 6 rings (SSSR count). The number of aromatic nitrogens is 2. The molecule has 3 heterocycles. The second-order valence-electron chi connectivity index (χ2n) is 8.12. The smallest absolute Gasteiger partial charge is 0.227 e. The normalized spacial score (nSPS) is 27.5. The van der Waals surface area contributed by atoms with Gasteiger partial charge in [0.1, 0.15) is 5.58 Å². The first-order valence-corrected chi connectivity index (χ1v) is 9.87. The van der Waals surface area contributed by atoms with Gasteiger partial charge in [-0.1, -0.05) is 18.6 Å². The molecule has 2 aliphatic carbocycles. The van der Waals surface area contributed by atoms with Gasteiger partial charge in [0.2, 0.25) is 5.71 Å². The highest BCUT2D eigenvalue weighted by molar-refractivity contribution is 6.08. The summed E-state index contributed by atoms with van der Waals surface area (Å²) in [6.07, 6.45) is 6.55. The topological polar surface area (TPSA) is 38.9 Å². The Morgan fingerprint density at radius 3 is 2.89 bits per heavy atom. The maximum absolute atomic E-state index is 9.18. The monoisotopic (exact) mass is 355 g/mol. The van der Waals surface area contributed by atoms with E-state index in [1.165, 1.54) is 19.3 Å². The molecule has 3 atom stereocenters. The molecule has 1 aromatic carbocycles. The lowest BCUT2D eigenvalue weighted by Gasteiger charge is -2.22. The van der Waals surface area contributed by atoms with Crippen molar-refractivity contribution in [3.8, 4) is 11.3 Å². The van der Waals surface area contributed by atoms with Crippen LogP contribution < -0.4 is 0 Å². The lowest BCUT2D eigenvalue weighted by atomic mass is 9.83. The lowest BCUT2D eigenvalue weighted by molar-refractivity contribution is 0.420. The largest absolute Gasteiger partial charge is 0.437 e. The fourth-order valence-corrected chi connectivity index (χ4v) is 5.16. The highest BCUT2D eigenvalue weighted by Crippen LogP contribution is 2.53. The Kier molecular flexibility index (Phi) is 3.01. The van der Waals surface area contributed by atoms with Crippen LogP contribution in [-0.4, -0.2) is 9.97 Å². The zero-order valence-corrected chi connectivity index (χ0v) is 15.4. The number of hydrogen-bond donors (Lipinski definition) is 0. The molecular weight excluding hydrogens is 332 g/mol. The SMILES string of the molecule is [2H]C1(c2ccnc(-c3cccc4c3oc3nc(C)ccc34)c2)CC2CCC1C2. The quantitative estimate of drug-likeness (QED) is 0.426. The van der Waals surface area contributed by atoms with Crippen LogP contribution in [0.15, 0.2) is 53.1 Å².